The summed E-state index contributed by atoms with van der Waals surface area (Å²) in [6, 6.07) is 0. The Labute approximate surface area is 162 Å². The third kappa shape index (κ3) is 7.85. The number of halogens is 3. The number of nitrogens with one attached hydrogen (secondary N) is 1. The lowest BCUT2D eigenvalue weighted by atomic mass is 9.96. The van der Waals surface area contributed by atoms with Crippen LogP contribution in [0.15, 0.2) is 0 Å². The van der Waals surface area contributed by atoms with Gasteiger partial charge in [0.15, 0.2) is 0 Å². The van der Waals surface area contributed by atoms with Gasteiger partial charge < -0.3 is 19.9 Å². The predicted octanol–water partition coefficient (Wildman–Crippen LogP) is 2.71. The van der Waals surface area contributed by atoms with Crippen LogP contribution in [0.5, 0.6) is 0 Å². The molecular weight excluding hydrogens is 429 g/mol. The monoisotopic (exact) mass is 441 g/mol. The minimum absolute atomic E-state index is 0.0143. The minimum Gasteiger partial charge on any atom is -0.430 e. The van der Waals surface area contributed by atoms with Crippen LogP contribution in [0.3, 0.4) is 0 Å². The van der Waals surface area contributed by atoms with Gasteiger partial charge in [-0.2, -0.15) is 0 Å². The van der Waals surface area contributed by atoms with Gasteiger partial charge in [0.2, 0.25) is 9.70 Å². The summed E-state index contributed by atoms with van der Waals surface area (Å²) in [7, 11) is 0. The Morgan fingerprint density at radius 1 is 1.52 bits per heavy atom. The highest BCUT2D eigenvalue weighted by Gasteiger charge is 2.46. The molecule has 0 saturated carbocycles. The van der Waals surface area contributed by atoms with E-state index in [9.17, 15) is 9.59 Å². The van der Waals surface area contributed by atoms with Crippen LogP contribution in [0.25, 0.3) is 0 Å². The zero-order chi connectivity index (χ0) is 17.6. The molecule has 0 aliphatic carbocycles. The van der Waals surface area contributed by atoms with Crippen LogP contribution in [0.4, 0.5) is 4.79 Å². The number of thiocarbonyl (C=S) groups is 1. The summed E-state index contributed by atoms with van der Waals surface area (Å²) in [5.41, 5.74) is 0. The fraction of sp³-hybridized carbons (Fsp3) is 0.727. The molecule has 1 saturated heterocycles. The molecule has 2 N–H and O–H groups in total. The van der Waals surface area contributed by atoms with Crippen LogP contribution in [-0.2, 0) is 14.3 Å². The minimum atomic E-state index is -1.73. The maximum absolute atomic E-state index is 11.7. The van der Waals surface area contributed by atoms with Crippen molar-refractivity contribution in [2.24, 2.45) is 5.92 Å². The maximum Gasteiger partial charge on any atom is 0.508 e. The van der Waals surface area contributed by atoms with Crippen molar-refractivity contribution in [3.8, 4) is 0 Å². The highest BCUT2D eigenvalue weighted by molar-refractivity contribution is 8.47. The smallest absolute Gasteiger partial charge is 0.430 e. The Balaban J connectivity index is 2.44. The predicted molar refractivity (Wildman–Crippen MR) is 97.3 cm³/mol. The van der Waals surface area contributed by atoms with Gasteiger partial charge in [-0.3, -0.25) is 4.79 Å². The Morgan fingerprint density at radius 3 is 2.70 bits per heavy atom. The van der Waals surface area contributed by atoms with E-state index in [4.69, 9.17) is 56.9 Å². The molecule has 1 heterocycles. The van der Waals surface area contributed by atoms with E-state index in [2.05, 4.69) is 10.1 Å². The molecular formula is C11H14Cl3NO5S3. The van der Waals surface area contributed by atoms with Crippen LogP contribution in [0, 0.1) is 5.92 Å². The quantitative estimate of drug-likeness (QED) is 0.281. The average Bonchev–Trinajstić information content (AvgIpc) is 2.41. The molecule has 0 aromatic heterocycles. The van der Waals surface area contributed by atoms with E-state index in [1.54, 1.807) is 6.92 Å². The number of rotatable bonds is 6. The molecule has 0 aromatic carbocycles. The molecule has 1 aliphatic rings. The van der Waals surface area contributed by atoms with Crippen LogP contribution in [-0.4, -0.2) is 54.9 Å². The van der Waals surface area contributed by atoms with Gasteiger partial charge in [0.05, 0.1) is 12.0 Å². The number of carbonyl (C=O) groups is 2. The first-order valence-electron chi connectivity index (χ1n) is 6.29. The van der Waals surface area contributed by atoms with Crippen molar-refractivity contribution in [1.29, 1.82) is 0 Å². The molecule has 1 fully saturated rings. The fourth-order valence-corrected chi connectivity index (χ4v) is 4.29. The molecule has 0 spiro atoms. The number of ether oxygens (including phenoxy) is 2. The lowest BCUT2D eigenvalue weighted by molar-refractivity contribution is -0.137. The number of hydrogen-bond donors (Lipinski definition) is 2. The van der Waals surface area contributed by atoms with Gasteiger partial charge in [0, 0.05) is 5.75 Å². The number of amides is 1. The first kappa shape index (κ1) is 21.4. The van der Waals surface area contributed by atoms with E-state index >= 15 is 0 Å². The Morgan fingerprint density at radius 2 is 2.17 bits per heavy atom. The number of aliphatic hydroxyl groups is 1. The summed E-state index contributed by atoms with van der Waals surface area (Å²) in [6.07, 6.45) is -1.75. The molecule has 1 rings (SSSR count). The zero-order valence-electron chi connectivity index (χ0n) is 11.8. The average molecular weight is 443 g/mol. The summed E-state index contributed by atoms with van der Waals surface area (Å²) in [6.45, 7) is 1.12. The van der Waals surface area contributed by atoms with Crippen LogP contribution >= 0.6 is 70.5 Å². The molecule has 23 heavy (non-hydrogen) atoms. The molecule has 12 heteroatoms. The lowest BCUT2D eigenvalue weighted by Crippen LogP contribution is -2.61. The van der Waals surface area contributed by atoms with Gasteiger partial charge in [0.1, 0.15) is 22.2 Å². The Kier molecular flexibility index (Phi) is 9.07. The first-order chi connectivity index (χ1) is 10.6. The molecule has 1 aliphatic heterocycles. The number of thioether (sulfide) groups is 2. The van der Waals surface area contributed by atoms with Gasteiger partial charge in [-0.25, -0.2) is 4.79 Å². The van der Waals surface area contributed by atoms with E-state index < -0.39 is 28.6 Å². The van der Waals surface area contributed by atoms with Crippen molar-refractivity contribution in [2.75, 3.05) is 19.0 Å². The van der Waals surface area contributed by atoms with Crippen LogP contribution in [0.2, 0.25) is 0 Å². The maximum atomic E-state index is 11.7. The van der Waals surface area contributed by atoms with Crippen LogP contribution < -0.4 is 5.32 Å². The summed E-state index contributed by atoms with van der Waals surface area (Å²) in [5.74, 6) is -0.334. The topological polar surface area (TPSA) is 84.9 Å². The van der Waals surface area contributed by atoms with Crippen molar-refractivity contribution in [3.05, 3.63) is 0 Å². The number of β-lactam (4-membered cyclic amide) rings is 1. The first-order valence-corrected chi connectivity index (χ1v) is 9.69. The lowest BCUT2D eigenvalue weighted by Gasteiger charge is -2.38. The standard InChI is InChI=1S/C11H14Cl3NO5S3/c1-5(20-9(18)19-4-11(12,13)14)6-7(17)15-8(6)23-10(21)22-3-2-16/h5-6,8,16H,2-4H2,1H3,(H,15,17)/t5?,6-,8-/m1/s1. The van der Waals surface area contributed by atoms with Crippen molar-refractivity contribution < 1.29 is 24.2 Å². The van der Waals surface area contributed by atoms with Crippen molar-refractivity contribution in [1.82, 2.24) is 5.32 Å². The summed E-state index contributed by atoms with van der Waals surface area (Å²) >= 11 is 24.1. The van der Waals surface area contributed by atoms with Crippen molar-refractivity contribution >= 4 is 86.1 Å². The largest absolute Gasteiger partial charge is 0.508 e. The summed E-state index contributed by atoms with van der Waals surface area (Å²) in [5, 5.41) is 11.1. The molecule has 0 aromatic rings. The number of alkyl halides is 3. The second-order valence-corrected chi connectivity index (χ2v) is 10.3. The highest BCUT2D eigenvalue weighted by atomic mass is 35.6. The Bertz CT molecular complexity index is 463. The molecule has 0 bridgehead atoms. The van der Waals surface area contributed by atoms with Crippen molar-refractivity contribution in [3.63, 3.8) is 0 Å². The normalized spacial score (nSPS) is 21.9. The van der Waals surface area contributed by atoms with E-state index in [1.165, 1.54) is 23.5 Å². The van der Waals surface area contributed by atoms with Crippen LogP contribution in [0.1, 0.15) is 6.92 Å². The van der Waals surface area contributed by atoms with Gasteiger partial charge in [-0.15, -0.1) is 11.8 Å². The second-order valence-electron chi connectivity index (χ2n) is 4.37. The molecule has 1 amide bonds. The van der Waals surface area contributed by atoms with E-state index in [-0.39, 0.29) is 17.9 Å². The van der Waals surface area contributed by atoms with Gasteiger partial charge in [-0.1, -0.05) is 58.8 Å². The number of hydrogen-bond acceptors (Lipinski definition) is 8. The van der Waals surface area contributed by atoms with E-state index in [0.717, 1.165) is 0 Å². The van der Waals surface area contributed by atoms with Gasteiger partial charge in [0.25, 0.3) is 0 Å². The number of aliphatic hydroxyl groups excluding tert-OH is 1. The van der Waals surface area contributed by atoms with E-state index in [0.29, 0.717) is 9.28 Å². The fourth-order valence-electron chi connectivity index (χ4n) is 1.60. The molecule has 3 atom stereocenters. The summed E-state index contributed by atoms with van der Waals surface area (Å²) in [4.78, 5) is 23.2. The zero-order valence-corrected chi connectivity index (χ0v) is 16.5. The van der Waals surface area contributed by atoms with Gasteiger partial charge >= 0.3 is 6.16 Å². The van der Waals surface area contributed by atoms with E-state index in [1.807, 2.05) is 0 Å². The number of carbonyl (C=O) groups excluding carboxylic acids is 2. The highest BCUT2D eigenvalue weighted by Crippen LogP contribution is 2.34. The third-order valence-corrected chi connectivity index (χ3v) is 5.68. The second kappa shape index (κ2) is 9.74. The Hall–Kier alpha value is 0.360. The molecule has 0 radical (unpaired) electrons. The molecule has 6 nitrogen and oxygen atoms in total. The SMILES string of the molecule is CC(OC(=O)OCC(Cl)(Cl)Cl)[C@@H]1C(=O)N[C@@H]1SC(=S)SCCO. The molecule has 1 unspecified atom stereocenters. The third-order valence-electron chi connectivity index (χ3n) is 2.59. The van der Waals surface area contributed by atoms with Crippen molar-refractivity contribution in [2.45, 2.75) is 22.2 Å². The summed E-state index contributed by atoms with van der Waals surface area (Å²) < 4.78 is 8.51. The van der Waals surface area contributed by atoms with Gasteiger partial charge in [-0.05, 0) is 6.92 Å². The molecule has 132 valence electrons.